The molecule has 0 radical (unpaired) electrons. The van der Waals surface area contributed by atoms with Crippen LogP contribution in [0.3, 0.4) is 0 Å². The molecule has 96 valence electrons. The molecule has 0 aliphatic rings. The number of rotatable bonds is 5. The largest absolute Gasteiger partial charge is 0.493 e. The highest BCUT2D eigenvalue weighted by atomic mass is 79.9. The second-order valence-electron chi connectivity index (χ2n) is 3.89. The Morgan fingerprint density at radius 3 is 2.67 bits per heavy atom. The molecule has 1 heterocycles. The number of benzene rings is 1. The van der Waals surface area contributed by atoms with Crippen molar-refractivity contribution in [1.82, 2.24) is 0 Å². The highest BCUT2D eigenvalue weighted by molar-refractivity contribution is 9.09. The van der Waals surface area contributed by atoms with E-state index < -0.39 is 0 Å². The van der Waals surface area contributed by atoms with Crippen LogP contribution in [0.2, 0.25) is 0 Å². The fraction of sp³-hybridized carbons (Fsp3) is 0.286. The number of methoxy groups -OCH3 is 2. The minimum Gasteiger partial charge on any atom is -0.493 e. The van der Waals surface area contributed by atoms with Crippen molar-refractivity contribution in [3.05, 3.63) is 46.2 Å². The summed E-state index contributed by atoms with van der Waals surface area (Å²) in [5.41, 5.74) is 2.44. The maximum atomic E-state index is 5.46. The molecule has 1 aromatic heterocycles. The summed E-state index contributed by atoms with van der Waals surface area (Å²) in [6.07, 6.45) is 0.938. The van der Waals surface area contributed by atoms with Crippen LogP contribution in [0.1, 0.15) is 16.0 Å². The van der Waals surface area contributed by atoms with Gasteiger partial charge in [-0.15, -0.1) is 0 Å². The van der Waals surface area contributed by atoms with Gasteiger partial charge in [-0.25, -0.2) is 0 Å². The molecule has 0 aliphatic carbocycles. The van der Waals surface area contributed by atoms with E-state index in [1.165, 1.54) is 5.56 Å². The summed E-state index contributed by atoms with van der Waals surface area (Å²) in [6.45, 7) is 0. The number of hydrogen-bond donors (Lipinski definition) is 0. The summed E-state index contributed by atoms with van der Waals surface area (Å²) in [5, 5.41) is 4.26. The first-order chi connectivity index (χ1) is 8.76. The predicted molar refractivity (Wildman–Crippen MR) is 79.2 cm³/mol. The number of hydrogen-bond acceptors (Lipinski definition) is 3. The molecule has 18 heavy (non-hydrogen) atoms. The van der Waals surface area contributed by atoms with Crippen LogP contribution in [0.15, 0.2) is 35.0 Å². The van der Waals surface area contributed by atoms with Crippen LogP contribution in [0, 0.1) is 0 Å². The van der Waals surface area contributed by atoms with Gasteiger partial charge in [-0.05, 0) is 34.9 Å². The van der Waals surface area contributed by atoms with Gasteiger partial charge < -0.3 is 9.47 Å². The summed E-state index contributed by atoms with van der Waals surface area (Å²) in [6, 6.07) is 8.10. The third-order valence-corrected chi connectivity index (χ3v) is 4.31. The molecule has 0 bridgehead atoms. The number of thiophene rings is 1. The lowest BCUT2D eigenvalue weighted by Crippen LogP contribution is -2.00. The molecule has 0 N–H and O–H groups in total. The quantitative estimate of drug-likeness (QED) is 0.756. The Balaban J connectivity index is 2.26. The SMILES string of the molecule is COc1cccc(C(Br)Cc2ccsc2)c1OC. The zero-order chi connectivity index (χ0) is 13.0. The van der Waals surface area contributed by atoms with Crippen molar-refractivity contribution in [3.8, 4) is 11.5 Å². The van der Waals surface area contributed by atoms with Crippen molar-refractivity contribution < 1.29 is 9.47 Å². The molecular formula is C14H15BrO2S. The first-order valence-electron chi connectivity index (χ1n) is 5.62. The van der Waals surface area contributed by atoms with E-state index in [-0.39, 0.29) is 4.83 Å². The maximum Gasteiger partial charge on any atom is 0.165 e. The van der Waals surface area contributed by atoms with Crippen LogP contribution in [-0.2, 0) is 6.42 Å². The van der Waals surface area contributed by atoms with Gasteiger partial charge in [0.05, 0.1) is 14.2 Å². The second kappa shape index (κ2) is 6.25. The zero-order valence-corrected chi connectivity index (χ0v) is 12.8. The minimum absolute atomic E-state index is 0.220. The molecule has 2 nitrogen and oxygen atoms in total. The van der Waals surface area contributed by atoms with Gasteiger partial charge in [0.1, 0.15) is 0 Å². The van der Waals surface area contributed by atoms with Gasteiger partial charge in [0.15, 0.2) is 11.5 Å². The Bertz CT molecular complexity index is 497. The fourth-order valence-electron chi connectivity index (χ4n) is 1.88. The first-order valence-corrected chi connectivity index (χ1v) is 7.48. The average molecular weight is 327 g/mol. The normalized spacial score (nSPS) is 12.2. The Morgan fingerprint density at radius 2 is 2.06 bits per heavy atom. The second-order valence-corrected chi connectivity index (χ2v) is 5.77. The van der Waals surface area contributed by atoms with E-state index in [9.17, 15) is 0 Å². The molecule has 0 amide bonds. The molecule has 4 heteroatoms. The summed E-state index contributed by atoms with van der Waals surface area (Å²) in [5.74, 6) is 1.57. The Morgan fingerprint density at radius 1 is 1.22 bits per heavy atom. The van der Waals surface area contributed by atoms with E-state index in [4.69, 9.17) is 9.47 Å². The zero-order valence-electron chi connectivity index (χ0n) is 10.4. The molecule has 1 unspecified atom stereocenters. The third-order valence-electron chi connectivity index (χ3n) is 2.77. The van der Waals surface area contributed by atoms with Gasteiger partial charge in [0.25, 0.3) is 0 Å². The fourth-order valence-corrected chi connectivity index (χ4v) is 3.30. The van der Waals surface area contributed by atoms with Gasteiger partial charge in [0, 0.05) is 10.4 Å². The van der Waals surface area contributed by atoms with Gasteiger partial charge in [-0.1, -0.05) is 28.1 Å². The van der Waals surface area contributed by atoms with Crippen LogP contribution in [0.5, 0.6) is 11.5 Å². The number of para-hydroxylation sites is 1. The predicted octanol–water partition coefficient (Wildman–Crippen LogP) is 4.44. The number of halogens is 1. The summed E-state index contributed by atoms with van der Waals surface area (Å²) in [4.78, 5) is 0.220. The van der Waals surface area contributed by atoms with Crippen LogP contribution < -0.4 is 9.47 Å². The van der Waals surface area contributed by atoms with Crippen molar-refractivity contribution in [2.45, 2.75) is 11.2 Å². The van der Waals surface area contributed by atoms with Crippen molar-refractivity contribution in [2.75, 3.05) is 14.2 Å². The number of alkyl halides is 1. The van der Waals surface area contributed by atoms with Crippen LogP contribution in [0.4, 0.5) is 0 Å². The Labute approximate surface area is 120 Å². The molecule has 1 atom stereocenters. The topological polar surface area (TPSA) is 18.5 Å². The molecule has 0 spiro atoms. The van der Waals surface area contributed by atoms with Gasteiger partial charge >= 0.3 is 0 Å². The summed E-state index contributed by atoms with van der Waals surface area (Å²) < 4.78 is 10.8. The third kappa shape index (κ3) is 2.87. The molecule has 2 rings (SSSR count). The highest BCUT2D eigenvalue weighted by Gasteiger charge is 2.17. The van der Waals surface area contributed by atoms with Crippen molar-refractivity contribution in [3.63, 3.8) is 0 Å². The average Bonchev–Trinajstić information content (AvgIpc) is 2.90. The summed E-state index contributed by atoms with van der Waals surface area (Å²) >= 11 is 5.45. The lowest BCUT2D eigenvalue weighted by Gasteiger charge is -2.16. The van der Waals surface area contributed by atoms with Crippen LogP contribution in [0.25, 0.3) is 0 Å². The van der Waals surface area contributed by atoms with Crippen LogP contribution in [-0.4, -0.2) is 14.2 Å². The molecular weight excluding hydrogens is 312 g/mol. The van der Waals surface area contributed by atoms with Crippen molar-refractivity contribution >= 4 is 27.3 Å². The van der Waals surface area contributed by atoms with E-state index in [1.54, 1.807) is 25.6 Å². The van der Waals surface area contributed by atoms with E-state index >= 15 is 0 Å². The molecule has 0 aliphatic heterocycles. The van der Waals surface area contributed by atoms with Gasteiger partial charge in [-0.2, -0.15) is 11.3 Å². The lowest BCUT2D eigenvalue weighted by molar-refractivity contribution is 0.351. The molecule has 0 saturated heterocycles. The van der Waals surface area contributed by atoms with Gasteiger partial charge in [-0.3, -0.25) is 0 Å². The van der Waals surface area contributed by atoms with E-state index in [0.29, 0.717) is 0 Å². The smallest absolute Gasteiger partial charge is 0.165 e. The van der Waals surface area contributed by atoms with Crippen molar-refractivity contribution in [2.24, 2.45) is 0 Å². The first kappa shape index (κ1) is 13.4. The van der Waals surface area contributed by atoms with Crippen molar-refractivity contribution in [1.29, 1.82) is 0 Å². The number of ether oxygens (including phenoxy) is 2. The van der Waals surface area contributed by atoms with E-state index in [1.807, 2.05) is 12.1 Å². The van der Waals surface area contributed by atoms with Gasteiger partial charge in [0.2, 0.25) is 0 Å². The molecule has 1 aromatic carbocycles. The Hall–Kier alpha value is -1.00. The minimum atomic E-state index is 0.220. The standard InChI is InChI=1S/C14H15BrO2S/c1-16-13-5-3-4-11(14(13)17-2)12(15)8-10-6-7-18-9-10/h3-7,9,12H,8H2,1-2H3. The van der Waals surface area contributed by atoms with Crippen LogP contribution >= 0.6 is 27.3 Å². The maximum absolute atomic E-state index is 5.46. The monoisotopic (exact) mass is 326 g/mol. The highest BCUT2D eigenvalue weighted by Crippen LogP contribution is 2.39. The molecule has 2 aromatic rings. The molecule has 0 fully saturated rings. The van der Waals surface area contributed by atoms with E-state index in [2.05, 4.69) is 38.8 Å². The van der Waals surface area contributed by atoms with E-state index in [0.717, 1.165) is 23.5 Å². The lowest BCUT2D eigenvalue weighted by atomic mass is 10.0. The molecule has 0 saturated carbocycles. The Kier molecular flexibility index (Phi) is 4.66. The summed E-state index contributed by atoms with van der Waals surface area (Å²) in [7, 11) is 3.33.